The number of rotatable bonds is 4. The number of nitrogens with zero attached hydrogens (tertiary/aromatic N) is 2. The fourth-order valence-electron chi connectivity index (χ4n) is 1.80. The van der Waals surface area contributed by atoms with E-state index in [2.05, 4.69) is 20.6 Å². The van der Waals surface area contributed by atoms with Gasteiger partial charge < -0.3 is 10.6 Å². The standard InChI is InChI=1S/C15H18F2N4/c1-8(2)15-20-13(18-4)7-14(21-15)19-12-6-10(16)9(3)5-11(12)17/h5-8H,1-4H3,(H2,18,19,20,21). The van der Waals surface area contributed by atoms with E-state index < -0.39 is 11.6 Å². The Balaban J connectivity index is 2.39. The maximum Gasteiger partial charge on any atom is 0.147 e. The second-order valence-electron chi connectivity index (χ2n) is 5.11. The van der Waals surface area contributed by atoms with E-state index >= 15 is 0 Å². The lowest BCUT2D eigenvalue weighted by Gasteiger charge is -2.12. The Bertz CT molecular complexity index is 656. The molecule has 2 rings (SSSR count). The minimum atomic E-state index is -0.524. The summed E-state index contributed by atoms with van der Waals surface area (Å²) in [7, 11) is 1.74. The van der Waals surface area contributed by atoms with E-state index in [9.17, 15) is 8.78 Å². The number of hydrogen-bond acceptors (Lipinski definition) is 4. The molecular formula is C15H18F2N4. The molecule has 21 heavy (non-hydrogen) atoms. The molecule has 4 nitrogen and oxygen atoms in total. The van der Waals surface area contributed by atoms with E-state index in [-0.39, 0.29) is 17.2 Å². The van der Waals surface area contributed by atoms with Crippen LogP contribution >= 0.6 is 0 Å². The Morgan fingerprint density at radius 2 is 1.67 bits per heavy atom. The van der Waals surface area contributed by atoms with Gasteiger partial charge in [-0.25, -0.2) is 18.7 Å². The van der Waals surface area contributed by atoms with Crippen molar-refractivity contribution in [2.45, 2.75) is 26.7 Å². The van der Waals surface area contributed by atoms with Crippen molar-refractivity contribution >= 4 is 17.3 Å². The quantitative estimate of drug-likeness (QED) is 0.895. The van der Waals surface area contributed by atoms with E-state index in [1.165, 1.54) is 6.92 Å². The van der Waals surface area contributed by atoms with Gasteiger partial charge in [-0.3, -0.25) is 0 Å². The molecule has 0 atom stereocenters. The molecule has 1 aromatic heterocycles. The first-order chi connectivity index (χ1) is 9.90. The van der Waals surface area contributed by atoms with Gasteiger partial charge in [0.05, 0.1) is 5.69 Å². The lowest BCUT2D eigenvalue weighted by molar-refractivity contribution is 0.595. The monoisotopic (exact) mass is 292 g/mol. The van der Waals surface area contributed by atoms with Gasteiger partial charge in [0.2, 0.25) is 0 Å². The van der Waals surface area contributed by atoms with Crippen LogP contribution in [0.4, 0.5) is 26.1 Å². The van der Waals surface area contributed by atoms with Crippen molar-refractivity contribution in [3.63, 3.8) is 0 Å². The SMILES string of the molecule is CNc1cc(Nc2cc(F)c(C)cc2F)nc(C(C)C)n1. The molecule has 0 radical (unpaired) electrons. The fourth-order valence-corrected chi connectivity index (χ4v) is 1.80. The molecule has 2 N–H and O–H groups in total. The van der Waals surface area contributed by atoms with Crippen molar-refractivity contribution in [2.24, 2.45) is 0 Å². The number of halogens is 2. The second kappa shape index (κ2) is 6.03. The van der Waals surface area contributed by atoms with Crippen LogP contribution in [0.5, 0.6) is 0 Å². The minimum absolute atomic E-state index is 0.0496. The average molecular weight is 292 g/mol. The Hall–Kier alpha value is -2.24. The van der Waals surface area contributed by atoms with Crippen LogP contribution in [0.2, 0.25) is 0 Å². The largest absolute Gasteiger partial charge is 0.373 e. The summed E-state index contributed by atoms with van der Waals surface area (Å²) >= 11 is 0. The Morgan fingerprint density at radius 1 is 1.00 bits per heavy atom. The van der Waals surface area contributed by atoms with Crippen molar-refractivity contribution in [1.29, 1.82) is 0 Å². The van der Waals surface area contributed by atoms with Crippen LogP contribution in [0.25, 0.3) is 0 Å². The number of anilines is 3. The minimum Gasteiger partial charge on any atom is -0.373 e. The van der Waals surface area contributed by atoms with Crippen LogP contribution in [0, 0.1) is 18.6 Å². The van der Waals surface area contributed by atoms with Gasteiger partial charge in [-0.15, -0.1) is 0 Å². The number of benzene rings is 1. The van der Waals surface area contributed by atoms with E-state index in [1.54, 1.807) is 13.1 Å². The van der Waals surface area contributed by atoms with Crippen molar-refractivity contribution in [3.05, 3.63) is 41.2 Å². The summed E-state index contributed by atoms with van der Waals surface area (Å²) in [6.45, 7) is 5.44. The van der Waals surface area contributed by atoms with Gasteiger partial charge in [0.25, 0.3) is 0 Å². The lowest BCUT2D eigenvalue weighted by Crippen LogP contribution is -2.06. The Morgan fingerprint density at radius 3 is 2.29 bits per heavy atom. The highest BCUT2D eigenvalue weighted by atomic mass is 19.1. The third-order valence-corrected chi connectivity index (χ3v) is 3.03. The predicted octanol–water partition coefficient (Wildman–Crippen LogP) is 3.97. The van der Waals surface area contributed by atoms with Gasteiger partial charge in [0.15, 0.2) is 0 Å². The molecule has 1 aromatic carbocycles. The van der Waals surface area contributed by atoms with Crippen molar-refractivity contribution < 1.29 is 8.78 Å². The summed E-state index contributed by atoms with van der Waals surface area (Å²) in [5, 5.41) is 5.73. The molecule has 0 aliphatic carbocycles. The van der Waals surface area contributed by atoms with Gasteiger partial charge >= 0.3 is 0 Å². The topological polar surface area (TPSA) is 49.8 Å². The average Bonchev–Trinajstić information content (AvgIpc) is 2.44. The highest BCUT2D eigenvalue weighted by Gasteiger charge is 2.11. The molecule has 0 unspecified atom stereocenters. The van der Waals surface area contributed by atoms with E-state index in [0.717, 1.165) is 12.1 Å². The van der Waals surface area contributed by atoms with Crippen molar-refractivity contribution in [3.8, 4) is 0 Å². The normalized spacial score (nSPS) is 10.8. The fraction of sp³-hybridized carbons (Fsp3) is 0.333. The van der Waals surface area contributed by atoms with Gasteiger partial charge in [0, 0.05) is 25.1 Å². The van der Waals surface area contributed by atoms with Crippen LogP contribution in [0.3, 0.4) is 0 Å². The Labute approximate surface area is 122 Å². The predicted molar refractivity (Wildman–Crippen MR) is 80.0 cm³/mol. The second-order valence-corrected chi connectivity index (χ2v) is 5.11. The van der Waals surface area contributed by atoms with Gasteiger partial charge in [-0.2, -0.15) is 0 Å². The lowest BCUT2D eigenvalue weighted by atomic mass is 10.2. The zero-order valence-electron chi connectivity index (χ0n) is 12.5. The third-order valence-electron chi connectivity index (χ3n) is 3.03. The summed E-state index contributed by atoms with van der Waals surface area (Å²) in [4.78, 5) is 8.64. The van der Waals surface area contributed by atoms with Gasteiger partial charge in [0.1, 0.15) is 29.1 Å². The molecule has 0 amide bonds. The Kier molecular flexibility index (Phi) is 4.35. The van der Waals surface area contributed by atoms with Crippen LogP contribution in [-0.4, -0.2) is 17.0 Å². The van der Waals surface area contributed by atoms with E-state index in [1.807, 2.05) is 13.8 Å². The molecule has 0 saturated carbocycles. The molecule has 0 aliphatic heterocycles. The molecular weight excluding hydrogens is 274 g/mol. The molecule has 112 valence electrons. The zero-order valence-corrected chi connectivity index (χ0v) is 12.5. The molecule has 1 heterocycles. The summed E-state index contributed by atoms with van der Waals surface area (Å²) in [6.07, 6.45) is 0. The van der Waals surface area contributed by atoms with Crippen LogP contribution in [-0.2, 0) is 0 Å². The molecule has 0 bridgehead atoms. The maximum absolute atomic E-state index is 13.9. The summed E-state index contributed by atoms with van der Waals surface area (Å²) in [5.74, 6) is 0.788. The van der Waals surface area contributed by atoms with Crippen LogP contribution < -0.4 is 10.6 Å². The highest BCUT2D eigenvalue weighted by molar-refractivity contribution is 5.60. The number of aromatic nitrogens is 2. The maximum atomic E-state index is 13.9. The van der Waals surface area contributed by atoms with Gasteiger partial charge in [-0.1, -0.05) is 13.8 Å². The smallest absolute Gasteiger partial charge is 0.147 e. The molecule has 0 aliphatic rings. The molecule has 6 heteroatoms. The molecule has 0 saturated heterocycles. The van der Waals surface area contributed by atoms with Crippen molar-refractivity contribution in [2.75, 3.05) is 17.7 Å². The molecule has 0 fully saturated rings. The zero-order chi connectivity index (χ0) is 15.6. The number of aryl methyl sites for hydroxylation is 1. The van der Waals surface area contributed by atoms with E-state index in [0.29, 0.717) is 17.5 Å². The van der Waals surface area contributed by atoms with E-state index in [4.69, 9.17) is 0 Å². The number of hydrogen-bond donors (Lipinski definition) is 2. The summed E-state index contributed by atoms with van der Waals surface area (Å²) in [5.41, 5.74) is 0.313. The van der Waals surface area contributed by atoms with Crippen LogP contribution in [0.15, 0.2) is 18.2 Å². The summed E-state index contributed by atoms with van der Waals surface area (Å²) in [6, 6.07) is 3.92. The van der Waals surface area contributed by atoms with Gasteiger partial charge in [-0.05, 0) is 18.6 Å². The third kappa shape index (κ3) is 3.45. The first-order valence-electron chi connectivity index (χ1n) is 6.70. The first-order valence-corrected chi connectivity index (χ1v) is 6.70. The molecule has 0 spiro atoms. The highest BCUT2D eigenvalue weighted by Crippen LogP contribution is 2.24. The summed E-state index contributed by atoms with van der Waals surface area (Å²) < 4.78 is 27.4. The molecule has 2 aromatic rings. The first kappa shape index (κ1) is 15.2. The number of nitrogens with one attached hydrogen (secondary N) is 2. The van der Waals surface area contributed by atoms with Crippen molar-refractivity contribution in [1.82, 2.24) is 9.97 Å². The van der Waals surface area contributed by atoms with Crippen LogP contribution in [0.1, 0.15) is 31.2 Å².